The third-order valence-corrected chi connectivity index (χ3v) is 7.54. The zero-order chi connectivity index (χ0) is 25.6. The average Bonchev–Trinajstić information content (AvgIpc) is 3.70. The molecule has 0 unspecified atom stereocenters. The molecule has 7 rings (SSSR count). The van der Waals surface area contributed by atoms with Crippen molar-refractivity contribution in [2.45, 2.75) is 0 Å². The number of rotatable bonds is 2. The van der Waals surface area contributed by atoms with E-state index in [4.69, 9.17) is 20.0 Å². The van der Waals surface area contributed by atoms with Crippen LogP contribution in [0.5, 0.6) is 0 Å². The van der Waals surface area contributed by atoms with Crippen LogP contribution in [0.1, 0.15) is 11.1 Å². The summed E-state index contributed by atoms with van der Waals surface area (Å²) >= 11 is 7.16. The fourth-order valence-electron chi connectivity index (χ4n) is 4.77. The summed E-state index contributed by atoms with van der Waals surface area (Å²) in [6.07, 6.45) is 20.2. The fourth-order valence-corrected chi connectivity index (χ4v) is 5.30. The van der Waals surface area contributed by atoms with E-state index in [0.717, 1.165) is 76.9 Å². The zero-order valence-electron chi connectivity index (χ0n) is 19.9. The van der Waals surface area contributed by atoms with Crippen LogP contribution in [0.4, 0.5) is 0 Å². The molecule has 5 aliphatic rings. The molecule has 0 spiro atoms. The minimum absolute atomic E-state index is 0.847. The summed E-state index contributed by atoms with van der Waals surface area (Å²) in [7, 11) is 0. The minimum Gasteiger partial charge on any atom is -0.249 e. The predicted octanol–water partition coefficient (Wildman–Crippen LogP) is 8.16. The highest BCUT2D eigenvalue weighted by atomic mass is 79.9. The molecule has 0 aliphatic carbocycles. The average molecular weight is 618 g/mol. The Labute approximate surface area is 237 Å². The van der Waals surface area contributed by atoms with Crippen molar-refractivity contribution in [1.82, 2.24) is 0 Å². The van der Waals surface area contributed by atoms with E-state index in [1.54, 1.807) is 0 Å². The maximum Gasteiger partial charge on any atom is 0.0744 e. The van der Waals surface area contributed by atoms with Gasteiger partial charge >= 0.3 is 0 Å². The Bertz CT molecular complexity index is 1780. The van der Waals surface area contributed by atoms with Crippen LogP contribution in [0.25, 0.3) is 11.1 Å². The first-order chi connectivity index (χ1) is 18.6. The summed E-state index contributed by atoms with van der Waals surface area (Å²) in [6, 6.07) is 16.7. The SMILES string of the molecule is Brc1ccc(C2=C(c3ccc(Br)cc3)C3=NC2=CC2=NC(=CC4=NC(=CC5=NC(=C3)C=C5)C=C4)C=C2)cc1. The highest BCUT2D eigenvalue weighted by Crippen LogP contribution is 2.41. The lowest BCUT2D eigenvalue weighted by Gasteiger charge is -2.11. The van der Waals surface area contributed by atoms with Gasteiger partial charge in [0.25, 0.3) is 0 Å². The number of allylic oxidation sites excluding steroid dienone is 12. The van der Waals surface area contributed by atoms with Gasteiger partial charge in [-0.3, -0.25) is 0 Å². The minimum atomic E-state index is 0.847. The summed E-state index contributed by atoms with van der Waals surface area (Å²) in [6.45, 7) is 0. The number of benzene rings is 2. The molecule has 0 fully saturated rings. The summed E-state index contributed by atoms with van der Waals surface area (Å²) in [4.78, 5) is 19.6. The molecular weight excluding hydrogens is 600 g/mol. The Kier molecular flexibility index (Phi) is 5.72. The van der Waals surface area contributed by atoms with E-state index >= 15 is 0 Å². The molecule has 2 aromatic rings. The van der Waals surface area contributed by atoms with Gasteiger partial charge in [0.2, 0.25) is 0 Å². The molecule has 0 N–H and O–H groups in total. The molecule has 180 valence electrons. The van der Waals surface area contributed by atoms with Crippen LogP contribution in [0.3, 0.4) is 0 Å². The quantitative estimate of drug-likeness (QED) is 0.326. The molecule has 5 heterocycles. The molecule has 0 radical (unpaired) electrons. The van der Waals surface area contributed by atoms with Gasteiger partial charge < -0.3 is 0 Å². The highest BCUT2D eigenvalue weighted by Gasteiger charge is 2.26. The Hall–Kier alpha value is -4.00. The first kappa shape index (κ1) is 23.1. The van der Waals surface area contributed by atoms with Crippen molar-refractivity contribution in [3.63, 3.8) is 0 Å². The number of hydrogen-bond donors (Lipinski definition) is 0. The molecule has 0 saturated carbocycles. The largest absolute Gasteiger partial charge is 0.249 e. The van der Waals surface area contributed by atoms with Gasteiger partial charge in [0.1, 0.15) is 0 Å². The molecule has 6 heteroatoms. The number of halogens is 2. The van der Waals surface area contributed by atoms with Crippen molar-refractivity contribution in [2.24, 2.45) is 20.0 Å². The van der Waals surface area contributed by atoms with E-state index in [0.29, 0.717) is 0 Å². The first-order valence-corrected chi connectivity index (χ1v) is 13.7. The molecule has 0 amide bonds. The van der Waals surface area contributed by atoms with Gasteiger partial charge in [-0.15, -0.1) is 0 Å². The van der Waals surface area contributed by atoms with Gasteiger partial charge in [-0.2, -0.15) is 0 Å². The summed E-state index contributed by atoms with van der Waals surface area (Å²) in [5.74, 6) is 0. The van der Waals surface area contributed by atoms with Gasteiger partial charge in [0.15, 0.2) is 0 Å². The number of aliphatic imine (C=N–C) groups is 4. The Morgan fingerprint density at radius 3 is 1.39 bits per heavy atom. The predicted molar refractivity (Wildman–Crippen MR) is 165 cm³/mol. The second-order valence-corrected chi connectivity index (χ2v) is 10.9. The number of nitrogens with zero attached hydrogens (tertiary/aromatic N) is 4. The van der Waals surface area contributed by atoms with E-state index in [-0.39, 0.29) is 0 Å². The fraction of sp³-hybridized carbons (Fsp3) is 0. The third kappa shape index (κ3) is 4.46. The topological polar surface area (TPSA) is 49.4 Å². The lowest BCUT2D eigenvalue weighted by molar-refractivity contribution is 1.41. The monoisotopic (exact) mass is 616 g/mol. The standard InChI is InChI=1S/C32H18Br2N4/c33-21-5-1-19(2-6-21)31-29-17-27-13-11-25(36-27)15-23-9-10-24(35-23)16-26-12-14-28(37-26)18-30(38-29)32(31)20-3-7-22(34)8-4-20/h1-18H. The normalized spacial score (nSPS) is 19.1. The summed E-state index contributed by atoms with van der Waals surface area (Å²) < 4.78 is 2.06. The van der Waals surface area contributed by atoms with E-state index in [2.05, 4.69) is 92.5 Å². The molecule has 5 aliphatic heterocycles. The second-order valence-electron chi connectivity index (χ2n) is 9.11. The van der Waals surface area contributed by atoms with Crippen molar-refractivity contribution in [3.8, 4) is 0 Å². The van der Waals surface area contributed by atoms with Crippen LogP contribution < -0.4 is 0 Å². The van der Waals surface area contributed by atoms with Crippen LogP contribution in [0, 0.1) is 0 Å². The lowest BCUT2D eigenvalue weighted by atomic mass is 9.91. The highest BCUT2D eigenvalue weighted by molar-refractivity contribution is 9.10. The van der Waals surface area contributed by atoms with Crippen molar-refractivity contribution in [1.29, 1.82) is 0 Å². The number of fused-ring (bicyclic) bond motifs is 4. The Morgan fingerprint density at radius 1 is 0.421 bits per heavy atom. The van der Waals surface area contributed by atoms with Crippen molar-refractivity contribution in [2.75, 3.05) is 0 Å². The Morgan fingerprint density at radius 2 is 0.868 bits per heavy atom. The maximum atomic E-state index is 5.17. The lowest BCUT2D eigenvalue weighted by Crippen LogP contribution is -1.98. The summed E-state index contributed by atoms with van der Waals surface area (Å²) in [5, 5.41) is 0. The van der Waals surface area contributed by atoms with E-state index in [1.807, 2.05) is 48.6 Å². The molecule has 4 nitrogen and oxygen atoms in total. The zero-order valence-corrected chi connectivity index (χ0v) is 23.1. The number of hydrogen-bond acceptors (Lipinski definition) is 4. The van der Waals surface area contributed by atoms with Gasteiger partial charge in [-0.25, -0.2) is 20.0 Å². The smallest absolute Gasteiger partial charge is 0.0744 e. The van der Waals surface area contributed by atoms with Crippen molar-refractivity contribution >= 4 is 65.9 Å². The van der Waals surface area contributed by atoms with Gasteiger partial charge in [-0.1, -0.05) is 56.1 Å². The van der Waals surface area contributed by atoms with E-state index < -0.39 is 0 Å². The molecule has 0 atom stereocenters. The molecule has 0 aromatic heterocycles. The summed E-state index contributed by atoms with van der Waals surface area (Å²) in [5.41, 5.74) is 11.2. The molecular formula is C32H18Br2N4. The maximum absolute atomic E-state index is 5.17. The van der Waals surface area contributed by atoms with E-state index in [9.17, 15) is 0 Å². The molecule has 0 saturated heterocycles. The van der Waals surface area contributed by atoms with Crippen LogP contribution in [-0.2, 0) is 0 Å². The first-order valence-electron chi connectivity index (χ1n) is 12.1. The van der Waals surface area contributed by atoms with Gasteiger partial charge in [0.05, 0.1) is 45.6 Å². The Balaban J connectivity index is 1.49. The molecule has 38 heavy (non-hydrogen) atoms. The van der Waals surface area contributed by atoms with Crippen LogP contribution in [0.2, 0.25) is 0 Å². The van der Waals surface area contributed by atoms with Crippen molar-refractivity contribution in [3.05, 3.63) is 152 Å². The molecule has 2 aromatic carbocycles. The molecule has 8 bridgehead atoms. The van der Waals surface area contributed by atoms with Crippen LogP contribution in [0.15, 0.2) is 161 Å². The van der Waals surface area contributed by atoms with Gasteiger partial charge in [-0.05, 0) is 96.2 Å². The third-order valence-electron chi connectivity index (χ3n) is 6.48. The second kappa shape index (κ2) is 9.39. The van der Waals surface area contributed by atoms with Crippen LogP contribution >= 0.6 is 31.9 Å². The van der Waals surface area contributed by atoms with Crippen molar-refractivity contribution < 1.29 is 0 Å². The van der Waals surface area contributed by atoms with Gasteiger partial charge in [0, 0.05) is 20.1 Å². The van der Waals surface area contributed by atoms with Crippen LogP contribution in [-0.4, -0.2) is 22.8 Å². The van der Waals surface area contributed by atoms with E-state index in [1.165, 1.54) is 0 Å².